The number of nitrogens with one attached hydrogen (secondary N) is 1. The molecular weight excluding hydrogens is 273 g/mol. The van der Waals surface area contributed by atoms with Crippen LogP contribution in [0.5, 0.6) is 0 Å². The van der Waals surface area contributed by atoms with Crippen LogP contribution in [0.25, 0.3) is 0 Å². The van der Waals surface area contributed by atoms with Gasteiger partial charge in [0.25, 0.3) is 0 Å². The minimum atomic E-state index is -4.39. The molecule has 0 radical (unpaired) electrons. The number of anilines is 1. The lowest BCUT2D eigenvalue weighted by molar-refractivity contribution is -0.138. The van der Waals surface area contributed by atoms with Crippen LogP contribution in [0, 0.1) is 0 Å². The van der Waals surface area contributed by atoms with Gasteiger partial charge in [0.1, 0.15) is 4.60 Å². The van der Waals surface area contributed by atoms with Crippen LogP contribution in [0.3, 0.4) is 0 Å². The van der Waals surface area contributed by atoms with E-state index in [4.69, 9.17) is 0 Å². The lowest BCUT2D eigenvalue weighted by atomic mass is 10.2. The third kappa shape index (κ3) is 3.37. The second-order valence-electron chi connectivity index (χ2n) is 3.36. The molecule has 0 atom stereocenters. The number of aromatic nitrogens is 1. The van der Waals surface area contributed by atoms with Crippen LogP contribution in [0.1, 0.15) is 19.4 Å². The molecule has 0 saturated carbocycles. The first-order chi connectivity index (χ1) is 6.80. The molecule has 15 heavy (non-hydrogen) atoms. The van der Waals surface area contributed by atoms with Crippen LogP contribution >= 0.6 is 15.9 Å². The Morgan fingerprint density at radius 1 is 1.40 bits per heavy atom. The number of halogens is 4. The minimum Gasteiger partial charge on any atom is -0.382 e. The lowest BCUT2D eigenvalue weighted by Crippen LogP contribution is -2.13. The molecule has 0 aliphatic rings. The second-order valence-corrected chi connectivity index (χ2v) is 4.11. The summed E-state index contributed by atoms with van der Waals surface area (Å²) in [5.41, 5.74) is -0.409. The Balaban J connectivity index is 3.06. The Morgan fingerprint density at radius 2 is 2.00 bits per heavy atom. The van der Waals surface area contributed by atoms with Gasteiger partial charge in [0.2, 0.25) is 0 Å². The third-order valence-corrected chi connectivity index (χ3v) is 2.23. The molecule has 0 bridgehead atoms. The average Bonchev–Trinajstić information content (AvgIpc) is 2.05. The zero-order valence-electron chi connectivity index (χ0n) is 8.19. The summed E-state index contributed by atoms with van der Waals surface area (Å²) in [5.74, 6) is 0. The highest BCUT2D eigenvalue weighted by Gasteiger charge is 2.34. The van der Waals surface area contributed by atoms with Gasteiger partial charge < -0.3 is 5.32 Å². The van der Waals surface area contributed by atoms with E-state index < -0.39 is 11.7 Å². The molecular formula is C9H10BrF3N2. The predicted molar refractivity (Wildman–Crippen MR) is 55.7 cm³/mol. The van der Waals surface area contributed by atoms with Gasteiger partial charge in [-0.1, -0.05) is 0 Å². The van der Waals surface area contributed by atoms with E-state index in [9.17, 15) is 13.2 Å². The SMILES string of the molecule is CC(C)Nc1cnc(Br)c(C(F)(F)F)c1. The predicted octanol–water partition coefficient (Wildman–Crippen LogP) is 3.68. The molecule has 1 aromatic rings. The van der Waals surface area contributed by atoms with Crippen LogP contribution in [-0.2, 0) is 6.18 Å². The smallest absolute Gasteiger partial charge is 0.382 e. The van der Waals surface area contributed by atoms with Crippen LogP contribution < -0.4 is 5.32 Å². The lowest BCUT2D eigenvalue weighted by Gasteiger charge is -2.13. The minimum absolute atomic E-state index is 0.0639. The molecule has 0 aromatic carbocycles. The standard InChI is InChI=1S/C9H10BrF3N2/c1-5(2)15-6-3-7(9(11,12)13)8(10)14-4-6/h3-5,15H,1-2H3. The largest absolute Gasteiger partial charge is 0.419 e. The van der Waals surface area contributed by atoms with Gasteiger partial charge >= 0.3 is 6.18 Å². The van der Waals surface area contributed by atoms with Gasteiger partial charge in [-0.15, -0.1) is 0 Å². The van der Waals surface area contributed by atoms with Gasteiger partial charge in [0, 0.05) is 6.04 Å². The number of alkyl halides is 3. The van der Waals surface area contributed by atoms with E-state index in [1.807, 2.05) is 13.8 Å². The van der Waals surface area contributed by atoms with Crippen molar-refractivity contribution in [3.05, 3.63) is 22.4 Å². The molecule has 6 heteroatoms. The number of hydrogen-bond donors (Lipinski definition) is 1. The van der Waals surface area contributed by atoms with E-state index in [0.717, 1.165) is 6.07 Å². The fourth-order valence-electron chi connectivity index (χ4n) is 1.06. The third-order valence-electron chi connectivity index (χ3n) is 1.60. The van der Waals surface area contributed by atoms with Crippen molar-refractivity contribution in [2.24, 2.45) is 0 Å². The molecule has 1 rings (SSSR count). The number of pyridine rings is 1. The highest BCUT2D eigenvalue weighted by Crippen LogP contribution is 2.35. The van der Waals surface area contributed by atoms with E-state index in [1.54, 1.807) is 0 Å². The Hall–Kier alpha value is -0.780. The highest BCUT2D eigenvalue weighted by molar-refractivity contribution is 9.10. The quantitative estimate of drug-likeness (QED) is 0.837. The Kier molecular flexibility index (Phi) is 3.59. The van der Waals surface area contributed by atoms with E-state index in [0.29, 0.717) is 5.69 Å². The molecule has 2 nitrogen and oxygen atoms in total. The molecule has 0 amide bonds. The molecule has 0 fully saturated rings. The van der Waals surface area contributed by atoms with E-state index in [1.165, 1.54) is 6.20 Å². The van der Waals surface area contributed by atoms with Crippen LogP contribution in [-0.4, -0.2) is 11.0 Å². The maximum absolute atomic E-state index is 12.5. The molecule has 1 N–H and O–H groups in total. The van der Waals surface area contributed by atoms with E-state index in [2.05, 4.69) is 26.2 Å². The molecule has 0 aliphatic carbocycles. The fourth-order valence-corrected chi connectivity index (χ4v) is 1.50. The van der Waals surface area contributed by atoms with Crippen molar-refractivity contribution in [3.63, 3.8) is 0 Å². The second kappa shape index (κ2) is 4.38. The molecule has 1 heterocycles. The first-order valence-corrected chi connectivity index (χ1v) is 5.09. The van der Waals surface area contributed by atoms with Crippen LogP contribution in [0.4, 0.5) is 18.9 Å². The highest BCUT2D eigenvalue weighted by atomic mass is 79.9. The summed E-state index contributed by atoms with van der Waals surface area (Å²) in [7, 11) is 0. The average molecular weight is 283 g/mol. The van der Waals surface area contributed by atoms with Crippen molar-refractivity contribution in [1.29, 1.82) is 0 Å². The Morgan fingerprint density at radius 3 is 2.47 bits per heavy atom. The van der Waals surface area contributed by atoms with Gasteiger partial charge in [-0.05, 0) is 35.8 Å². The van der Waals surface area contributed by atoms with Crippen molar-refractivity contribution < 1.29 is 13.2 Å². The van der Waals surface area contributed by atoms with Crippen LogP contribution in [0.2, 0.25) is 0 Å². The summed E-state index contributed by atoms with van der Waals surface area (Å²) in [4.78, 5) is 3.63. The zero-order chi connectivity index (χ0) is 11.6. The van der Waals surface area contributed by atoms with Gasteiger partial charge in [-0.25, -0.2) is 4.98 Å². The van der Waals surface area contributed by atoms with Crippen molar-refractivity contribution in [2.75, 3.05) is 5.32 Å². The fraction of sp³-hybridized carbons (Fsp3) is 0.444. The summed E-state index contributed by atoms with van der Waals surface area (Å²) in [6.45, 7) is 3.69. The molecule has 0 saturated heterocycles. The van der Waals surface area contributed by atoms with Crippen molar-refractivity contribution in [1.82, 2.24) is 4.98 Å². The van der Waals surface area contributed by atoms with Crippen LogP contribution in [0.15, 0.2) is 16.9 Å². The zero-order valence-corrected chi connectivity index (χ0v) is 9.78. The first kappa shape index (κ1) is 12.3. The summed E-state index contributed by atoms with van der Waals surface area (Å²) in [6, 6.07) is 1.10. The Labute approximate surface area is 94.0 Å². The summed E-state index contributed by atoms with van der Waals surface area (Å²) >= 11 is 2.77. The monoisotopic (exact) mass is 282 g/mol. The van der Waals surface area contributed by atoms with Gasteiger partial charge in [-0.3, -0.25) is 0 Å². The van der Waals surface area contributed by atoms with Crippen molar-refractivity contribution in [3.8, 4) is 0 Å². The molecule has 0 spiro atoms. The number of rotatable bonds is 2. The summed E-state index contributed by atoms with van der Waals surface area (Å²) < 4.78 is 37.2. The normalized spacial score (nSPS) is 11.9. The molecule has 84 valence electrons. The number of nitrogens with zero attached hydrogens (tertiary/aromatic N) is 1. The summed E-state index contributed by atoms with van der Waals surface area (Å²) in [5, 5.41) is 2.86. The summed E-state index contributed by atoms with van der Waals surface area (Å²) in [6.07, 6.45) is -3.03. The van der Waals surface area contributed by atoms with E-state index >= 15 is 0 Å². The number of hydrogen-bond acceptors (Lipinski definition) is 2. The topological polar surface area (TPSA) is 24.9 Å². The maximum Gasteiger partial charge on any atom is 0.419 e. The van der Waals surface area contributed by atoms with Gasteiger partial charge in [0.05, 0.1) is 17.4 Å². The van der Waals surface area contributed by atoms with Gasteiger partial charge in [-0.2, -0.15) is 13.2 Å². The van der Waals surface area contributed by atoms with Crippen molar-refractivity contribution in [2.45, 2.75) is 26.1 Å². The van der Waals surface area contributed by atoms with Crippen molar-refractivity contribution >= 4 is 21.6 Å². The Bertz CT molecular complexity index is 350. The molecule has 0 unspecified atom stereocenters. The van der Waals surface area contributed by atoms with Gasteiger partial charge in [0.15, 0.2) is 0 Å². The maximum atomic E-state index is 12.5. The molecule has 0 aliphatic heterocycles. The first-order valence-electron chi connectivity index (χ1n) is 4.30. The van der Waals surface area contributed by atoms with E-state index in [-0.39, 0.29) is 10.6 Å². The molecule has 1 aromatic heterocycles.